The quantitative estimate of drug-likeness (QED) is 0.483. The van der Waals surface area contributed by atoms with Crippen LogP contribution < -0.4 is 4.74 Å². The van der Waals surface area contributed by atoms with Crippen molar-refractivity contribution in [2.75, 3.05) is 13.7 Å². The first kappa shape index (κ1) is 24.7. The van der Waals surface area contributed by atoms with Crippen LogP contribution >= 0.6 is 0 Å². The smallest absolute Gasteiger partial charge is 0.303 e. The Morgan fingerprint density at radius 1 is 1.30 bits per heavy atom. The van der Waals surface area contributed by atoms with Gasteiger partial charge >= 0.3 is 5.97 Å². The minimum Gasteiger partial charge on any atom is -0.504 e. The Kier molecular flexibility index (Phi) is 7.35. The molecule has 0 fully saturated rings. The minimum absolute atomic E-state index is 0.134. The standard InChI is InChI=1S/C24H40O5Si/c1-16(15-29-30(7,8)23(2,3)4)18(10-12-21(25)26)24(5)14-13-17-19(24)9-11-20(28-6)22(17)27/h9,11,16,18,27H,10,12-15H2,1-8H3,(H,25,26)/t16-,18-,24-/m1/s1. The summed E-state index contributed by atoms with van der Waals surface area (Å²) in [5.41, 5.74) is 1.86. The lowest BCUT2D eigenvalue weighted by Crippen LogP contribution is -2.44. The monoisotopic (exact) mass is 436 g/mol. The van der Waals surface area contributed by atoms with Crippen LogP contribution in [-0.4, -0.2) is 38.2 Å². The van der Waals surface area contributed by atoms with Gasteiger partial charge in [0.25, 0.3) is 0 Å². The van der Waals surface area contributed by atoms with Gasteiger partial charge in [0.15, 0.2) is 19.8 Å². The third kappa shape index (κ3) is 4.85. The van der Waals surface area contributed by atoms with Crippen LogP contribution in [0.5, 0.6) is 11.5 Å². The van der Waals surface area contributed by atoms with Crippen LogP contribution in [0, 0.1) is 11.8 Å². The third-order valence-electron chi connectivity index (χ3n) is 7.66. The lowest BCUT2D eigenvalue weighted by molar-refractivity contribution is -0.137. The molecule has 3 atom stereocenters. The lowest BCUT2D eigenvalue weighted by atomic mass is 9.66. The molecule has 0 amide bonds. The number of carbonyl (C=O) groups is 1. The molecule has 0 heterocycles. The van der Waals surface area contributed by atoms with Gasteiger partial charge in [-0.25, -0.2) is 0 Å². The maximum absolute atomic E-state index is 11.4. The summed E-state index contributed by atoms with van der Waals surface area (Å²) in [6.45, 7) is 16.2. The number of fused-ring (bicyclic) bond motifs is 1. The van der Waals surface area contributed by atoms with E-state index in [1.54, 1.807) is 7.11 Å². The minimum atomic E-state index is -1.89. The van der Waals surface area contributed by atoms with Gasteiger partial charge in [0, 0.05) is 18.6 Å². The number of carboxylic acid groups (broad SMARTS) is 1. The van der Waals surface area contributed by atoms with Crippen molar-refractivity contribution in [2.24, 2.45) is 11.8 Å². The Morgan fingerprint density at radius 2 is 1.93 bits per heavy atom. The van der Waals surface area contributed by atoms with E-state index in [1.807, 2.05) is 6.07 Å². The summed E-state index contributed by atoms with van der Waals surface area (Å²) in [6.07, 6.45) is 2.40. The molecule has 1 aliphatic carbocycles. The number of ether oxygens (including phenoxy) is 1. The normalized spacial score (nSPS) is 21.2. The van der Waals surface area contributed by atoms with Gasteiger partial charge in [-0.15, -0.1) is 0 Å². The molecule has 2 rings (SSSR count). The summed E-state index contributed by atoms with van der Waals surface area (Å²) in [4.78, 5) is 11.4. The molecule has 1 aromatic carbocycles. The summed E-state index contributed by atoms with van der Waals surface area (Å²) in [5, 5.41) is 20.1. The number of aromatic hydroxyl groups is 1. The molecule has 30 heavy (non-hydrogen) atoms. The predicted molar refractivity (Wildman–Crippen MR) is 123 cm³/mol. The highest BCUT2D eigenvalue weighted by atomic mass is 28.4. The molecule has 0 bridgehead atoms. The number of phenolic OH excluding ortho intramolecular Hbond substituents is 1. The van der Waals surface area contributed by atoms with E-state index >= 15 is 0 Å². The van der Waals surface area contributed by atoms with Crippen LogP contribution in [0.1, 0.15) is 65.0 Å². The van der Waals surface area contributed by atoms with Crippen LogP contribution in [-0.2, 0) is 21.1 Å². The fourth-order valence-electron chi connectivity index (χ4n) is 4.65. The Labute approximate surface area is 182 Å². The van der Waals surface area contributed by atoms with E-state index in [1.165, 1.54) is 0 Å². The van der Waals surface area contributed by atoms with Crippen molar-refractivity contribution in [2.45, 2.75) is 83.8 Å². The van der Waals surface area contributed by atoms with Crippen molar-refractivity contribution in [3.05, 3.63) is 23.3 Å². The first-order valence-electron chi connectivity index (χ1n) is 11.0. The molecular formula is C24H40O5Si. The topological polar surface area (TPSA) is 76.0 Å². The molecule has 1 aromatic rings. The van der Waals surface area contributed by atoms with E-state index < -0.39 is 14.3 Å². The zero-order valence-electron chi connectivity index (χ0n) is 20.0. The van der Waals surface area contributed by atoms with Crippen molar-refractivity contribution in [3.63, 3.8) is 0 Å². The largest absolute Gasteiger partial charge is 0.504 e. The second-order valence-electron chi connectivity index (χ2n) is 10.6. The van der Waals surface area contributed by atoms with Crippen molar-refractivity contribution in [1.29, 1.82) is 0 Å². The van der Waals surface area contributed by atoms with Crippen molar-refractivity contribution in [1.82, 2.24) is 0 Å². The number of methoxy groups -OCH3 is 1. The Morgan fingerprint density at radius 3 is 2.47 bits per heavy atom. The molecule has 170 valence electrons. The number of hydrogen-bond acceptors (Lipinski definition) is 4. The van der Waals surface area contributed by atoms with Gasteiger partial charge in [0.05, 0.1) is 7.11 Å². The number of phenols is 1. The van der Waals surface area contributed by atoms with E-state index in [0.29, 0.717) is 18.8 Å². The maximum atomic E-state index is 11.4. The second kappa shape index (κ2) is 8.91. The summed E-state index contributed by atoms with van der Waals surface area (Å²) < 4.78 is 11.8. The van der Waals surface area contributed by atoms with E-state index in [-0.39, 0.29) is 34.5 Å². The molecule has 0 aromatic heterocycles. The summed E-state index contributed by atoms with van der Waals surface area (Å²) in [6, 6.07) is 3.87. The average Bonchev–Trinajstić information content (AvgIpc) is 2.98. The van der Waals surface area contributed by atoms with Crippen LogP contribution in [0.4, 0.5) is 0 Å². The third-order valence-corrected chi connectivity index (χ3v) is 12.2. The summed E-state index contributed by atoms with van der Waals surface area (Å²) in [7, 11) is -0.327. The molecule has 5 nitrogen and oxygen atoms in total. The number of hydrogen-bond donors (Lipinski definition) is 2. The average molecular weight is 437 g/mol. The lowest BCUT2D eigenvalue weighted by Gasteiger charge is -2.42. The number of benzene rings is 1. The molecule has 0 saturated heterocycles. The van der Waals surface area contributed by atoms with E-state index in [2.05, 4.69) is 53.8 Å². The number of carboxylic acids is 1. The fraction of sp³-hybridized carbons (Fsp3) is 0.708. The Balaban J connectivity index is 2.34. The van der Waals surface area contributed by atoms with Gasteiger partial charge in [-0.3, -0.25) is 4.79 Å². The van der Waals surface area contributed by atoms with E-state index in [4.69, 9.17) is 9.16 Å². The molecule has 2 N–H and O–H groups in total. The second-order valence-corrected chi connectivity index (χ2v) is 15.5. The van der Waals surface area contributed by atoms with Gasteiger partial charge in [0.1, 0.15) is 0 Å². The molecule has 1 aliphatic rings. The molecule has 0 spiro atoms. The summed E-state index contributed by atoms with van der Waals surface area (Å²) >= 11 is 0. The zero-order chi connectivity index (χ0) is 22.9. The molecule has 0 unspecified atom stereocenters. The van der Waals surface area contributed by atoms with Crippen molar-refractivity contribution < 1.29 is 24.2 Å². The molecule has 6 heteroatoms. The Bertz CT molecular complexity index is 768. The van der Waals surface area contributed by atoms with Crippen molar-refractivity contribution in [3.8, 4) is 11.5 Å². The predicted octanol–water partition coefficient (Wildman–Crippen LogP) is 5.74. The molecular weight excluding hydrogens is 396 g/mol. The maximum Gasteiger partial charge on any atom is 0.303 e. The zero-order valence-corrected chi connectivity index (χ0v) is 21.0. The van der Waals surface area contributed by atoms with Crippen LogP contribution in [0.2, 0.25) is 18.1 Å². The fourth-order valence-corrected chi connectivity index (χ4v) is 5.77. The Hall–Kier alpha value is -1.53. The highest BCUT2D eigenvalue weighted by Gasteiger charge is 2.45. The van der Waals surface area contributed by atoms with Gasteiger partial charge < -0.3 is 19.4 Å². The van der Waals surface area contributed by atoms with Crippen LogP contribution in [0.25, 0.3) is 0 Å². The van der Waals surface area contributed by atoms with E-state index in [0.717, 1.165) is 24.0 Å². The van der Waals surface area contributed by atoms with Crippen molar-refractivity contribution >= 4 is 14.3 Å². The summed E-state index contributed by atoms with van der Waals surface area (Å²) in [5.74, 6) is 0.304. The van der Waals surface area contributed by atoms with Gasteiger partial charge in [0.2, 0.25) is 0 Å². The molecule has 0 aliphatic heterocycles. The van der Waals surface area contributed by atoms with E-state index in [9.17, 15) is 15.0 Å². The van der Waals surface area contributed by atoms with Gasteiger partial charge in [-0.1, -0.05) is 40.7 Å². The SMILES string of the molecule is COc1ccc2c(c1O)CC[C@]2(C)[C@H](CCC(=O)O)[C@H](C)CO[Si](C)(C)C(C)(C)C. The highest BCUT2D eigenvalue weighted by molar-refractivity contribution is 6.74. The van der Waals surface area contributed by atoms with Crippen LogP contribution in [0.3, 0.4) is 0 Å². The van der Waals surface area contributed by atoms with Gasteiger partial charge in [-0.05, 0) is 66.3 Å². The number of aliphatic carboxylic acids is 1. The highest BCUT2D eigenvalue weighted by Crippen LogP contribution is 2.52. The number of rotatable bonds is 9. The van der Waals surface area contributed by atoms with Crippen LogP contribution in [0.15, 0.2) is 12.1 Å². The van der Waals surface area contributed by atoms with Gasteiger partial charge in [-0.2, -0.15) is 0 Å². The molecule has 0 saturated carbocycles. The molecule has 0 radical (unpaired) electrons. The first-order chi connectivity index (χ1) is 13.7. The first-order valence-corrected chi connectivity index (χ1v) is 13.9.